The highest BCUT2D eigenvalue weighted by Gasteiger charge is 2.44. The third-order valence-corrected chi connectivity index (χ3v) is 4.31. The lowest BCUT2D eigenvalue weighted by atomic mass is 9.83. The van der Waals surface area contributed by atoms with Crippen molar-refractivity contribution in [2.45, 2.75) is 31.3 Å². The van der Waals surface area contributed by atoms with E-state index in [9.17, 15) is 4.79 Å². The van der Waals surface area contributed by atoms with Crippen LogP contribution in [-0.4, -0.2) is 32.1 Å². The number of hydrogen-bond donors (Lipinski definition) is 1. The van der Waals surface area contributed by atoms with Crippen molar-refractivity contribution in [2.75, 3.05) is 14.2 Å². The van der Waals surface area contributed by atoms with Crippen molar-refractivity contribution < 1.29 is 14.3 Å². The van der Waals surface area contributed by atoms with Crippen LogP contribution < -0.4 is 14.8 Å². The lowest BCUT2D eigenvalue weighted by Crippen LogP contribution is -2.29. The number of fused-ring (bicyclic) bond motifs is 2. The average Bonchev–Trinajstić information content (AvgIpc) is 3.08. The van der Waals surface area contributed by atoms with Crippen LogP contribution in [0.25, 0.3) is 0 Å². The van der Waals surface area contributed by atoms with Gasteiger partial charge in [0.1, 0.15) is 17.1 Å². The number of carbonyl (C=O) groups excluding carboxylic acids is 1. The smallest absolute Gasteiger partial charge is 0.175 e. The van der Waals surface area contributed by atoms with Crippen LogP contribution in [0.15, 0.2) is 18.2 Å². The van der Waals surface area contributed by atoms with Crippen LogP contribution in [0.5, 0.6) is 11.5 Å². The molecule has 4 heteroatoms. The van der Waals surface area contributed by atoms with Crippen molar-refractivity contribution in [3.05, 3.63) is 23.8 Å². The topological polar surface area (TPSA) is 47.6 Å². The van der Waals surface area contributed by atoms with Crippen LogP contribution >= 0.6 is 0 Å². The van der Waals surface area contributed by atoms with E-state index in [1.807, 2.05) is 18.2 Å². The maximum absolute atomic E-state index is 12.8. The van der Waals surface area contributed by atoms with Gasteiger partial charge in [-0.3, -0.25) is 4.79 Å². The highest BCUT2D eigenvalue weighted by molar-refractivity contribution is 6.03. The quantitative estimate of drug-likeness (QED) is 0.842. The fourth-order valence-electron chi connectivity index (χ4n) is 3.39. The van der Waals surface area contributed by atoms with Crippen LogP contribution in [0.4, 0.5) is 0 Å². The van der Waals surface area contributed by atoms with Gasteiger partial charge in [0.15, 0.2) is 5.78 Å². The number of ketones is 1. The first-order valence-electron chi connectivity index (χ1n) is 6.76. The van der Waals surface area contributed by atoms with Crippen LogP contribution in [0, 0.1) is 5.92 Å². The Hall–Kier alpha value is -1.55. The van der Waals surface area contributed by atoms with Crippen LogP contribution in [-0.2, 0) is 0 Å². The first kappa shape index (κ1) is 12.5. The second-order valence-electron chi connectivity index (χ2n) is 5.29. The van der Waals surface area contributed by atoms with Crippen molar-refractivity contribution >= 4 is 5.78 Å². The predicted molar refractivity (Wildman–Crippen MR) is 71.9 cm³/mol. The number of rotatable bonds is 4. The summed E-state index contributed by atoms with van der Waals surface area (Å²) in [5, 5.41) is 3.50. The van der Waals surface area contributed by atoms with Gasteiger partial charge in [-0.1, -0.05) is 6.07 Å². The van der Waals surface area contributed by atoms with Crippen molar-refractivity contribution in [1.82, 2.24) is 5.32 Å². The molecular formula is C15H19NO3. The summed E-state index contributed by atoms with van der Waals surface area (Å²) < 4.78 is 10.7. The monoisotopic (exact) mass is 261 g/mol. The molecule has 2 aliphatic rings. The van der Waals surface area contributed by atoms with Crippen LogP contribution in [0.2, 0.25) is 0 Å². The fourth-order valence-corrected chi connectivity index (χ4v) is 3.39. The van der Waals surface area contributed by atoms with Gasteiger partial charge < -0.3 is 14.8 Å². The SMILES string of the molecule is COc1cccc(OC)c1C(=O)C1CC2CCC1N2. The molecule has 19 heavy (non-hydrogen) atoms. The Morgan fingerprint density at radius 3 is 2.37 bits per heavy atom. The van der Waals surface area contributed by atoms with Gasteiger partial charge in [0, 0.05) is 18.0 Å². The summed E-state index contributed by atoms with van der Waals surface area (Å²) in [6.07, 6.45) is 3.22. The van der Waals surface area contributed by atoms with Gasteiger partial charge in [0.25, 0.3) is 0 Å². The first-order valence-corrected chi connectivity index (χ1v) is 6.76. The molecule has 2 heterocycles. The maximum atomic E-state index is 12.8. The fraction of sp³-hybridized carbons (Fsp3) is 0.533. The molecule has 0 aliphatic carbocycles. The number of nitrogens with one attached hydrogen (secondary N) is 1. The molecule has 1 aromatic rings. The molecule has 2 aliphatic heterocycles. The molecule has 3 atom stereocenters. The number of ether oxygens (including phenoxy) is 2. The van der Waals surface area contributed by atoms with Gasteiger partial charge in [0.2, 0.25) is 0 Å². The average molecular weight is 261 g/mol. The van der Waals surface area contributed by atoms with Gasteiger partial charge in [-0.2, -0.15) is 0 Å². The first-order chi connectivity index (χ1) is 9.24. The van der Waals surface area contributed by atoms with E-state index < -0.39 is 0 Å². The highest BCUT2D eigenvalue weighted by Crippen LogP contribution is 2.39. The Balaban J connectivity index is 1.95. The molecule has 1 aromatic carbocycles. The van der Waals surface area contributed by atoms with Gasteiger partial charge in [-0.15, -0.1) is 0 Å². The number of benzene rings is 1. The van der Waals surface area contributed by atoms with E-state index in [2.05, 4.69) is 5.32 Å². The minimum absolute atomic E-state index is 0.0592. The van der Waals surface area contributed by atoms with Gasteiger partial charge in [-0.05, 0) is 31.4 Å². The van der Waals surface area contributed by atoms with Crippen molar-refractivity contribution in [2.24, 2.45) is 5.92 Å². The summed E-state index contributed by atoms with van der Waals surface area (Å²) in [6, 6.07) is 6.31. The minimum Gasteiger partial charge on any atom is -0.496 e. The molecule has 3 rings (SSSR count). The molecule has 1 N–H and O–H groups in total. The highest BCUT2D eigenvalue weighted by atomic mass is 16.5. The van der Waals surface area contributed by atoms with Crippen molar-refractivity contribution in [1.29, 1.82) is 0 Å². The zero-order chi connectivity index (χ0) is 13.4. The number of methoxy groups -OCH3 is 2. The lowest BCUT2D eigenvalue weighted by molar-refractivity contribution is 0.0894. The van der Waals surface area contributed by atoms with E-state index >= 15 is 0 Å². The Morgan fingerprint density at radius 2 is 1.89 bits per heavy atom. The molecule has 4 nitrogen and oxygen atoms in total. The van der Waals surface area contributed by atoms with Gasteiger partial charge >= 0.3 is 0 Å². The summed E-state index contributed by atoms with van der Waals surface area (Å²) in [5.74, 6) is 1.41. The van der Waals surface area contributed by atoms with E-state index in [1.54, 1.807) is 14.2 Å². The summed E-state index contributed by atoms with van der Waals surface area (Å²) in [4.78, 5) is 12.8. The van der Waals surface area contributed by atoms with Crippen LogP contribution in [0.3, 0.4) is 0 Å². The molecule has 2 saturated heterocycles. The van der Waals surface area contributed by atoms with E-state index in [4.69, 9.17) is 9.47 Å². The summed E-state index contributed by atoms with van der Waals surface area (Å²) >= 11 is 0. The lowest BCUT2D eigenvalue weighted by Gasteiger charge is -2.21. The Labute approximate surface area is 113 Å². The number of hydrogen-bond acceptors (Lipinski definition) is 4. The second-order valence-corrected chi connectivity index (χ2v) is 5.29. The third kappa shape index (κ3) is 2.00. The third-order valence-electron chi connectivity index (χ3n) is 4.31. The molecule has 0 amide bonds. The maximum Gasteiger partial charge on any atom is 0.175 e. The van der Waals surface area contributed by atoms with Gasteiger partial charge in [0.05, 0.1) is 14.2 Å². The number of carbonyl (C=O) groups is 1. The molecule has 3 unspecified atom stereocenters. The summed E-state index contributed by atoms with van der Waals surface area (Å²) in [5.41, 5.74) is 0.590. The molecule has 0 radical (unpaired) electrons. The zero-order valence-electron chi connectivity index (χ0n) is 11.3. The molecule has 0 saturated carbocycles. The van der Waals surface area contributed by atoms with Crippen molar-refractivity contribution in [3.63, 3.8) is 0 Å². The molecular weight excluding hydrogens is 242 g/mol. The molecule has 102 valence electrons. The van der Waals surface area contributed by atoms with E-state index in [0.29, 0.717) is 29.1 Å². The molecule has 2 fully saturated rings. The molecule has 0 aromatic heterocycles. The number of Topliss-reactive ketones (excluding diaryl/α,β-unsaturated/α-hetero) is 1. The second kappa shape index (κ2) is 4.85. The Bertz CT molecular complexity index is 478. The minimum atomic E-state index is 0.0592. The zero-order valence-corrected chi connectivity index (χ0v) is 11.3. The molecule has 2 bridgehead atoms. The predicted octanol–water partition coefficient (Wildman–Crippen LogP) is 2.03. The largest absolute Gasteiger partial charge is 0.496 e. The standard InChI is InChI=1S/C15H19NO3/c1-18-12-4-3-5-13(19-2)14(12)15(17)10-8-9-6-7-11(10)16-9/h3-5,9-11,16H,6-8H2,1-2H3. The Morgan fingerprint density at radius 1 is 1.21 bits per heavy atom. The normalized spacial score (nSPS) is 28.4. The molecule has 0 spiro atoms. The van der Waals surface area contributed by atoms with Crippen molar-refractivity contribution in [3.8, 4) is 11.5 Å². The van der Waals surface area contributed by atoms with E-state index in [-0.39, 0.29) is 11.7 Å². The van der Waals surface area contributed by atoms with Gasteiger partial charge in [-0.25, -0.2) is 0 Å². The summed E-state index contributed by atoms with van der Waals surface area (Å²) in [6.45, 7) is 0. The summed E-state index contributed by atoms with van der Waals surface area (Å²) in [7, 11) is 3.18. The van der Waals surface area contributed by atoms with E-state index in [0.717, 1.165) is 12.8 Å². The van der Waals surface area contributed by atoms with E-state index in [1.165, 1.54) is 6.42 Å². The van der Waals surface area contributed by atoms with Crippen LogP contribution in [0.1, 0.15) is 29.6 Å². The Kier molecular flexibility index (Phi) is 3.19.